The van der Waals surface area contributed by atoms with Gasteiger partial charge in [0.25, 0.3) is 0 Å². The van der Waals surface area contributed by atoms with Crippen LogP contribution >= 0.6 is 0 Å². The van der Waals surface area contributed by atoms with E-state index in [1.165, 1.54) is 31.7 Å². The van der Waals surface area contributed by atoms with Crippen molar-refractivity contribution < 1.29 is 27.0 Å². The van der Waals surface area contributed by atoms with Gasteiger partial charge >= 0.3 is 6.11 Å². The molecule has 6 heteroatoms. The molecule has 4 rings (SSSR count). The summed E-state index contributed by atoms with van der Waals surface area (Å²) in [5.41, 5.74) is 1.43. The van der Waals surface area contributed by atoms with Gasteiger partial charge in [0.2, 0.25) is 5.82 Å². The maximum Gasteiger partial charge on any atom is 0.422 e. The minimum atomic E-state index is -3.75. The van der Waals surface area contributed by atoms with Crippen molar-refractivity contribution in [1.29, 1.82) is 0 Å². The molecule has 2 saturated carbocycles. The lowest BCUT2D eigenvalue weighted by Crippen LogP contribution is -2.35. The second kappa shape index (κ2) is 10.7. The lowest BCUT2D eigenvalue weighted by molar-refractivity contribution is -0.223. The van der Waals surface area contributed by atoms with Gasteiger partial charge in [-0.2, -0.15) is 13.2 Å². The van der Waals surface area contributed by atoms with Crippen molar-refractivity contribution in [2.75, 3.05) is 6.61 Å². The maximum atomic E-state index is 14.6. The van der Waals surface area contributed by atoms with Gasteiger partial charge in [0.1, 0.15) is 0 Å². The van der Waals surface area contributed by atoms with Crippen LogP contribution in [0.5, 0.6) is 5.75 Å². The zero-order valence-corrected chi connectivity index (χ0v) is 20.0. The van der Waals surface area contributed by atoms with Gasteiger partial charge in [-0.1, -0.05) is 49.6 Å². The van der Waals surface area contributed by atoms with Gasteiger partial charge in [0.05, 0.1) is 6.10 Å². The zero-order valence-electron chi connectivity index (χ0n) is 20.0. The Morgan fingerprint density at radius 3 is 2.00 bits per heavy atom. The summed E-state index contributed by atoms with van der Waals surface area (Å²) in [4.78, 5) is 0. The lowest BCUT2D eigenvalue weighted by atomic mass is 9.71. The number of hydrogen-bond donors (Lipinski definition) is 0. The van der Waals surface area contributed by atoms with E-state index in [0.717, 1.165) is 49.1 Å². The Morgan fingerprint density at radius 2 is 1.38 bits per heavy atom. The van der Waals surface area contributed by atoms with Gasteiger partial charge in [-0.05, 0) is 80.9 Å². The first kappa shape index (κ1) is 25.0. The normalized spacial score (nSPS) is 25.8. The Labute approximate surface area is 199 Å². The number of hydrogen-bond acceptors (Lipinski definition) is 2. The van der Waals surface area contributed by atoms with E-state index in [1.54, 1.807) is 24.3 Å². The van der Waals surface area contributed by atoms with Crippen LogP contribution in [0.2, 0.25) is 0 Å². The predicted molar refractivity (Wildman–Crippen MR) is 125 cm³/mol. The van der Waals surface area contributed by atoms with E-state index in [1.807, 2.05) is 6.92 Å². The third-order valence-corrected chi connectivity index (χ3v) is 7.60. The van der Waals surface area contributed by atoms with E-state index in [2.05, 4.69) is 11.7 Å². The first-order chi connectivity index (χ1) is 16.2. The smallest absolute Gasteiger partial charge is 0.422 e. The summed E-state index contributed by atoms with van der Waals surface area (Å²) in [6, 6.07) is 9.14. The highest BCUT2D eigenvalue weighted by molar-refractivity contribution is 5.65. The summed E-state index contributed by atoms with van der Waals surface area (Å²) in [5.74, 6) is -1.24. The lowest BCUT2D eigenvalue weighted by Gasteiger charge is -2.37. The van der Waals surface area contributed by atoms with Crippen LogP contribution in [0.4, 0.5) is 17.6 Å². The van der Waals surface area contributed by atoms with Crippen molar-refractivity contribution in [2.45, 2.75) is 77.4 Å². The van der Waals surface area contributed by atoms with E-state index >= 15 is 0 Å². The average Bonchev–Trinajstić information content (AvgIpc) is 2.83. The van der Waals surface area contributed by atoms with Crippen LogP contribution < -0.4 is 4.74 Å². The molecule has 0 aliphatic heterocycles. The van der Waals surface area contributed by atoms with E-state index in [-0.39, 0.29) is 11.7 Å². The van der Waals surface area contributed by atoms with E-state index in [9.17, 15) is 17.6 Å². The van der Waals surface area contributed by atoms with E-state index < -0.39 is 30.1 Å². The van der Waals surface area contributed by atoms with Crippen LogP contribution in [0.25, 0.3) is 11.1 Å². The molecule has 186 valence electrons. The summed E-state index contributed by atoms with van der Waals surface area (Å²) in [6.07, 6.45) is 4.60. The van der Waals surface area contributed by atoms with Crippen LogP contribution in [0, 0.1) is 36.3 Å². The molecule has 0 amide bonds. The Bertz CT molecular complexity index is 944. The molecule has 0 spiro atoms. The Balaban J connectivity index is 1.29. The fourth-order valence-electron chi connectivity index (χ4n) is 5.46. The molecular formula is C28H34F4O2. The topological polar surface area (TPSA) is 18.5 Å². The molecule has 2 aromatic carbocycles. The van der Waals surface area contributed by atoms with Crippen molar-refractivity contribution in [2.24, 2.45) is 17.8 Å². The molecule has 2 aliphatic carbocycles. The SMILES string of the molecule is Cc1ccc(-c2ccc(OC(F)(F)COC3CCC(C4CCC(C)CC4)CC3)c(F)c2F)cc1. The molecule has 0 unspecified atom stereocenters. The molecule has 0 aromatic heterocycles. The molecule has 0 N–H and O–H groups in total. The molecule has 0 atom stereocenters. The number of benzene rings is 2. The molecule has 2 nitrogen and oxygen atoms in total. The second-order valence-electron chi connectivity index (χ2n) is 10.2. The number of ether oxygens (including phenoxy) is 2. The fourth-order valence-corrected chi connectivity index (χ4v) is 5.46. The number of rotatable bonds is 7. The Hall–Kier alpha value is -2.08. The monoisotopic (exact) mass is 478 g/mol. The number of alkyl halides is 2. The fraction of sp³-hybridized carbons (Fsp3) is 0.571. The van der Waals surface area contributed by atoms with E-state index in [0.29, 0.717) is 11.5 Å². The van der Waals surface area contributed by atoms with Crippen molar-refractivity contribution in [1.82, 2.24) is 0 Å². The largest absolute Gasteiger partial charge is 0.428 e. The molecule has 0 heterocycles. The summed E-state index contributed by atoms with van der Waals surface area (Å²) < 4.78 is 67.9. The second-order valence-corrected chi connectivity index (χ2v) is 10.2. The third kappa shape index (κ3) is 6.12. The third-order valence-electron chi connectivity index (χ3n) is 7.60. The molecule has 34 heavy (non-hydrogen) atoms. The van der Waals surface area contributed by atoms with Crippen molar-refractivity contribution in [3.63, 3.8) is 0 Å². The quantitative estimate of drug-likeness (QED) is 0.373. The molecule has 0 saturated heterocycles. The number of aryl methyl sites for hydroxylation is 1. The van der Waals surface area contributed by atoms with Gasteiger partial charge in [-0.15, -0.1) is 0 Å². The van der Waals surface area contributed by atoms with Gasteiger partial charge in [-0.25, -0.2) is 4.39 Å². The molecule has 0 radical (unpaired) electrons. The van der Waals surface area contributed by atoms with Crippen molar-refractivity contribution in [3.05, 3.63) is 53.6 Å². The highest BCUT2D eigenvalue weighted by atomic mass is 19.3. The predicted octanol–water partition coefficient (Wildman–Crippen LogP) is 8.31. The van der Waals surface area contributed by atoms with Crippen LogP contribution in [-0.4, -0.2) is 18.8 Å². The molecular weight excluding hydrogens is 444 g/mol. The highest BCUT2D eigenvalue weighted by Crippen LogP contribution is 2.40. The Morgan fingerprint density at radius 1 is 0.794 bits per heavy atom. The standard InChI is InChI=1S/C28H34F4O2/c1-18-3-7-20(8-4-18)21-11-13-23(14-12-21)33-17-28(31,32)34-25-16-15-24(26(29)27(25)30)22-9-5-19(2)6-10-22/h5-6,9-10,15-16,18,20-21,23H,3-4,7-8,11-14,17H2,1-2H3. The number of halogens is 4. The zero-order chi connectivity index (χ0) is 24.3. The maximum absolute atomic E-state index is 14.6. The molecule has 0 bridgehead atoms. The first-order valence-electron chi connectivity index (χ1n) is 12.5. The summed E-state index contributed by atoms with van der Waals surface area (Å²) in [7, 11) is 0. The summed E-state index contributed by atoms with van der Waals surface area (Å²) in [5, 5.41) is 0. The molecule has 2 aliphatic rings. The van der Waals surface area contributed by atoms with Crippen LogP contribution in [0.15, 0.2) is 36.4 Å². The summed E-state index contributed by atoms with van der Waals surface area (Å²) in [6.45, 7) is 3.20. The van der Waals surface area contributed by atoms with Crippen molar-refractivity contribution in [3.8, 4) is 16.9 Å². The van der Waals surface area contributed by atoms with Crippen molar-refractivity contribution >= 4 is 0 Å². The molecule has 2 aromatic rings. The van der Waals surface area contributed by atoms with Gasteiger partial charge in [0.15, 0.2) is 18.2 Å². The average molecular weight is 479 g/mol. The van der Waals surface area contributed by atoms with Crippen LogP contribution in [-0.2, 0) is 4.74 Å². The van der Waals surface area contributed by atoms with Gasteiger partial charge < -0.3 is 9.47 Å². The highest BCUT2D eigenvalue weighted by Gasteiger charge is 2.37. The minimum Gasteiger partial charge on any atom is -0.428 e. The minimum absolute atomic E-state index is 0.00593. The van der Waals surface area contributed by atoms with Gasteiger partial charge in [0, 0.05) is 5.56 Å². The summed E-state index contributed by atoms with van der Waals surface area (Å²) >= 11 is 0. The van der Waals surface area contributed by atoms with Gasteiger partial charge in [-0.3, -0.25) is 0 Å². The van der Waals surface area contributed by atoms with E-state index in [4.69, 9.17) is 4.74 Å². The first-order valence-corrected chi connectivity index (χ1v) is 12.5. The van der Waals surface area contributed by atoms with Crippen LogP contribution in [0.1, 0.15) is 63.9 Å². The van der Waals surface area contributed by atoms with Crippen LogP contribution in [0.3, 0.4) is 0 Å². The molecule has 2 fully saturated rings. The Kier molecular flexibility index (Phi) is 7.86.